The Labute approximate surface area is 153 Å². The Balaban J connectivity index is 1.59. The first-order valence-corrected chi connectivity index (χ1v) is 9.81. The molecule has 2 amide bonds. The SMILES string of the molecule is CC[C@@H](NC(=O)N1CCCN(c2ccnc(C)c2)CC1)c1cccs1. The molecule has 3 rings (SSSR count). The minimum Gasteiger partial charge on any atom is -0.370 e. The summed E-state index contributed by atoms with van der Waals surface area (Å²) in [6, 6.07) is 8.44. The van der Waals surface area contributed by atoms with Crippen molar-refractivity contribution in [3.63, 3.8) is 0 Å². The summed E-state index contributed by atoms with van der Waals surface area (Å²) in [6.07, 6.45) is 3.74. The maximum absolute atomic E-state index is 12.7. The minimum atomic E-state index is 0.0491. The summed E-state index contributed by atoms with van der Waals surface area (Å²) in [4.78, 5) is 22.5. The lowest BCUT2D eigenvalue weighted by molar-refractivity contribution is 0.197. The van der Waals surface area contributed by atoms with Crippen LogP contribution in [0.15, 0.2) is 35.8 Å². The maximum atomic E-state index is 12.7. The van der Waals surface area contributed by atoms with E-state index in [4.69, 9.17) is 0 Å². The van der Waals surface area contributed by atoms with Gasteiger partial charge in [0.25, 0.3) is 0 Å². The second kappa shape index (κ2) is 8.34. The van der Waals surface area contributed by atoms with Gasteiger partial charge in [-0.15, -0.1) is 11.3 Å². The number of hydrogen-bond acceptors (Lipinski definition) is 4. The highest BCUT2D eigenvalue weighted by Crippen LogP contribution is 2.22. The second-order valence-electron chi connectivity index (χ2n) is 6.41. The van der Waals surface area contributed by atoms with Crippen LogP contribution in [0, 0.1) is 6.92 Å². The Morgan fingerprint density at radius 3 is 2.92 bits per heavy atom. The van der Waals surface area contributed by atoms with Gasteiger partial charge >= 0.3 is 6.03 Å². The summed E-state index contributed by atoms with van der Waals surface area (Å²) in [6.45, 7) is 7.49. The summed E-state index contributed by atoms with van der Waals surface area (Å²) in [5.74, 6) is 0. The number of carbonyl (C=O) groups excluding carboxylic acids is 1. The van der Waals surface area contributed by atoms with Crippen LogP contribution in [0.1, 0.15) is 36.4 Å². The van der Waals surface area contributed by atoms with Crippen LogP contribution in [0.25, 0.3) is 0 Å². The molecule has 25 heavy (non-hydrogen) atoms. The Morgan fingerprint density at radius 1 is 1.32 bits per heavy atom. The van der Waals surface area contributed by atoms with Gasteiger partial charge in [-0.3, -0.25) is 4.98 Å². The number of urea groups is 1. The van der Waals surface area contributed by atoms with Crippen LogP contribution in [0.2, 0.25) is 0 Å². The number of nitrogens with zero attached hydrogens (tertiary/aromatic N) is 3. The quantitative estimate of drug-likeness (QED) is 0.904. The smallest absolute Gasteiger partial charge is 0.317 e. The number of amides is 2. The van der Waals surface area contributed by atoms with E-state index in [1.54, 1.807) is 11.3 Å². The van der Waals surface area contributed by atoms with Gasteiger partial charge in [-0.25, -0.2) is 4.79 Å². The fourth-order valence-corrected chi connectivity index (χ4v) is 4.07. The first-order valence-electron chi connectivity index (χ1n) is 8.94. The molecule has 0 spiro atoms. The number of hydrogen-bond donors (Lipinski definition) is 1. The zero-order chi connectivity index (χ0) is 17.6. The number of carbonyl (C=O) groups is 1. The van der Waals surface area contributed by atoms with Crippen molar-refractivity contribution in [2.24, 2.45) is 0 Å². The normalized spacial score (nSPS) is 16.4. The molecule has 0 aromatic carbocycles. The molecule has 1 fully saturated rings. The molecule has 0 bridgehead atoms. The zero-order valence-electron chi connectivity index (χ0n) is 14.9. The molecule has 0 aliphatic carbocycles. The average Bonchev–Trinajstić information content (AvgIpc) is 3.03. The number of pyridine rings is 1. The van der Waals surface area contributed by atoms with Crippen molar-refractivity contribution in [1.29, 1.82) is 0 Å². The van der Waals surface area contributed by atoms with Gasteiger partial charge in [0, 0.05) is 48.6 Å². The predicted octanol–water partition coefficient (Wildman–Crippen LogP) is 3.82. The van der Waals surface area contributed by atoms with Gasteiger partial charge in [0.2, 0.25) is 0 Å². The maximum Gasteiger partial charge on any atom is 0.317 e. The summed E-state index contributed by atoms with van der Waals surface area (Å²) in [5.41, 5.74) is 2.22. The molecule has 0 radical (unpaired) electrons. The number of nitrogens with one attached hydrogen (secondary N) is 1. The largest absolute Gasteiger partial charge is 0.370 e. The van der Waals surface area contributed by atoms with Crippen molar-refractivity contribution in [3.8, 4) is 0 Å². The topological polar surface area (TPSA) is 48.5 Å². The molecule has 1 aliphatic heterocycles. The third-order valence-corrected chi connectivity index (χ3v) is 5.61. The highest BCUT2D eigenvalue weighted by molar-refractivity contribution is 7.10. The molecule has 0 unspecified atom stereocenters. The number of thiophene rings is 1. The van der Waals surface area contributed by atoms with Crippen molar-refractivity contribution >= 4 is 23.1 Å². The highest BCUT2D eigenvalue weighted by atomic mass is 32.1. The summed E-state index contributed by atoms with van der Waals surface area (Å²) in [7, 11) is 0. The van der Waals surface area contributed by atoms with Crippen molar-refractivity contribution in [1.82, 2.24) is 15.2 Å². The minimum absolute atomic E-state index is 0.0491. The number of rotatable bonds is 4. The van der Waals surface area contributed by atoms with E-state index in [1.165, 1.54) is 10.6 Å². The first kappa shape index (κ1) is 17.7. The van der Waals surface area contributed by atoms with Gasteiger partial charge in [-0.2, -0.15) is 0 Å². The van der Waals surface area contributed by atoms with Gasteiger partial charge in [0.05, 0.1) is 6.04 Å². The molecule has 5 nitrogen and oxygen atoms in total. The fourth-order valence-electron chi connectivity index (χ4n) is 3.21. The molecule has 1 saturated heterocycles. The Kier molecular flexibility index (Phi) is 5.91. The van der Waals surface area contributed by atoms with Crippen LogP contribution >= 0.6 is 11.3 Å². The van der Waals surface area contributed by atoms with E-state index in [1.807, 2.05) is 30.2 Å². The van der Waals surface area contributed by atoms with Crippen LogP contribution < -0.4 is 10.2 Å². The molecular weight excluding hydrogens is 332 g/mol. The molecule has 1 N–H and O–H groups in total. The third kappa shape index (κ3) is 4.51. The Morgan fingerprint density at radius 2 is 2.20 bits per heavy atom. The number of aryl methyl sites for hydroxylation is 1. The standard InChI is InChI=1S/C19H26N4OS/c1-3-17(18-6-4-13-25-18)21-19(24)23-10-5-9-22(11-12-23)16-7-8-20-15(2)14-16/h4,6-8,13-14,17H,3,5,9-12H2,1-2H3,(H,21,24)/t17-/m1/s1. The summed E-state index contributed by atoms with van der Waals surface area (Å²) >= 11 is 1.70. The van der Waals surface area contributed by atoms with Gasteiger partial charge in [-0.1, -0.05) is 13.0 Å². The molecule has 3 heterocycles. The van der Waals surface area contributed by atoms with Crippen LogP contribution in [-0.4, -0.2) is 42.1 Å². The predicted molar refractivity (Wildman–Crippen MR) is 103 cm³/mol. The van der Waals surface area contributed by atoms with E-state index in [0.717, 1.165) is 44.7 Å². The van der Waals surface area contributed by atoms with E-state index in [2.05, 4.69) is 39.6 Å². The molecule has 2 aromatic heterocycles. The average molecular weight is 359 g/mol. The molecule has 0 saturated carbocycles. The monoisotopic (exact) mass is 358 g/mol. The fraction of sp³-hybridized carbons (Fsp3) is 0.474. The molecule has 1 atom stereocenters. The van der Waals surface area contributed by atoms with E-state index in [-0.39, 0.29) is 12.1 Å². The lowest BCUT2D eigenvalue weighted by atomic mass is 10.2. The number of anilines is 1. The van der Waals surface area contributed by atoms with Gasteiger partial charge in [-0.05, 0) is 43.3 Å². The van der Waals surface area contributed by atoms with Gasteiger partial charge in [0.15, 0.2) is 0 Å². The van der Waals surface area contributed by atoms with Crippen molar-refractivity contribution in [2.75, 3.05) is 31.1 Å². The zero-order valence-corrected chi connectivity index (χ0v) is 15.8. The first-order chi connectivity index (χ1) is 12.2. The molecule has 134 valence electrons. The van der Waals surface area contributed by atoms with Crippen LogP contribution in [-0.2, 0) is 0 Å². The second-order valence-corrected chi connectivity index (χ2v) is 7.39. The lowest BCUT2D eigenvalue weighted by Crippen LogP contribution is -2.43. The molecular formula is C19H26N4OS. The summed E-state index contributed by atoms with van der Waals surface area (Å²) < 4.78 is 0. The number of aromatic nitrogens is 1. The van der Waals surface area contributed by atoms with Crippen molar-refractivity contribution in [2.45, 2.75) is 32.7 Å². The van der Waals surface area contributed by atoms with Crippen molar-refractivity contribution < 1.29 is 4.79 Å². The van der Waals surface area contributed by atoms with Crippen LogP contribution in [0.4, 0.5) is 10.5 Å². The Hall–Kier alpha value is -2.08. The van der Waals surface area contributed by atoms with Crippen LogP contribution in [0.3, 0.4) is 0 Å². The summed E-state index contributed by atoms with van der Waals surface area (Å²) in [5, 5.41) is 5.26. The van der Waals surface area contributed by atoms with Crippen LogP contribution in [0.5, 0.6) is 0 Å². The highest BCUT2D eigenvalue weighted by Gasteiger charge is 2.22. The van der Waals surface area contributed by atoms with E-state index in [0.29, 0.717) is 0 Å². The molecule has 6 heteroatoms. The molecule has 1 aliphatic rings. The lowest BCUT2D eigenvalue weighted by Gasteiger charge is -2.25. The van der Waals surface area contributed by atoms with E-state index < -0.39 is 0 Å². The Bertz CT molecular complexity index is 688. The van der Waals surface area contributed by atoms with Gasteiger partial charge in [0.1, 0.15) is 0 Å². The molecule has 2 aromatic rings. The van der Waals surface area contributed by atoms with Crippen molar-refractivity contribution in [3.05, 3.63) is 46.4 Å². The van der Waals surface area contributed by atoms with E-state index in [9.17, 15) is 4.79 Å². The third-order valence-electron chi connectivity index (χ3n) is 4.62. The van der Waals surface area contributed by atoms with Gasteiger partial charge < -0.3 is 15.1 Å². The van der Waals surface area contributed by atoms with E-state index >= 15 is 0 Å².